The van der Waals surface area contributed by atoms with E-state index in [0.717, 1.165) is 24.0 Å². The first-order valence-corrected chi connectivity index (χ1v) is 9.64. The van der Waals surface area contributed by atoms with Crippen molar-refractivity contribution in [1.82, 2.24) is 15.5 Å². The molecule has 3 rings (SSSR count). The van der Waals surface area contributed by atoms with Crippen LogP contribution in [0.25, 0.3) is 0 Å². The summed E-state index contributed by atoms with van der Waals surface area (Å²) in [5.74, 6) is -0.797. The molecule has 3 amide bonds. The van der Waals surface area contributed by atoms with Crippen molar-refractivity contribution in [3.63, 3.8) is 0 Å². The van der Waals surface area contributed by atoms with Crippen molar-refractivity contribution in [3.8, 4) is 0 Å². The molecule has 1 unspecified atom stereocenters. The number of hydrogen-bond donors (Lipinski definition) is 3. The van der Waals surface area contributed by atoms with Gasteiger partial charge in [0.1, 0.15) is 6.04 Å². The van der Waals surface area contributed by atoms with Gasteiger partial charge in [0.05, 0.1) is 0 Å². The number of nitrogens with one attached hydrogen (secondary N) is 2. The molecule has 1 saturated heterocycles. The number of fused-ring (bicyclic) bond motifs is 1. The lowest BCUT2D eigenvalue weighted by Crippen LogP contribution is -2.52. The van der Waals surface area contributed by atoms with E-state index in [4.69, 9.17) is 5.73 Å². The van der Waals surface area contributed by atoms with Crippen LogP contribution in [0.2, 0.25) is 0 Å². The molecule has 2 aliphatic rings. The zero-order valence-corrected chi connectivity index (χ0v) is 16.0. The van der Waals surface area contributed by atoms with Gasteiger partial charge in [-0.25, -0.2) is 0 Å². The Hall–Kier alpha value is -2.25. The van der Waals surface area contributed by atoms with Crippen LogP contribution in [0.5, 0.6) is 0 Å². The zero-order valence-electron chi connectivity index (χ0n) is 16.0. The van der Waals surface area contributed by atoms with E-state index < -0.39 is 6.04 Å². The van der Waals surface area contributed by atoms with Crippen molar-refractivity contribution in [1.29, 1.82) is 0 Å². The topological polar surface area (TPSA) is 105 Å². The minimum Gasteiger partial charge on any atom is -0.329 e. The van der Waals surface area contributed by atoms with Crippen molar-refractivity contribution in [2.24, 2.45) is 5.73 Å². The largest absolute Gasteiger partial charge is 0.329 e. The van der Waals surface area contributed by atoms with Crippen molar-refractivity contribution >= 4 is 17.7 Å². The van der Waals surface area contributed by atoms with Gasteiger partial charge >= 0.3 is 0 Å². The molecule has 0 spiro atoms. The molecule has 1 aromatic carbocycles. The second kappa shape index (κ2) is 7.78. The molecule has 0 saturated carbocycles. The third-order valence-electron chi connectivity index (χ3n) is 6.00. The maximum Gasteiger partial charge on any atom is 0.255 e. The van der Waals surface area contributed by atoms with Crippen LogP contribution in [0.4, 0.5) is 0 Å². The predicted molar refractivity (Wildman–Crippen MR) is 102 cm³/mol. The van der Waals surface area contributed by atoms with E-state index in [1.54, 1.807) is 4.90 Å². The summed E-state index contributed by atoms with van der Waals surface area (Å²) < 4.78 is 0. The number of piperidine rings is 1. The average Bonchev–Trinajstić information content (AvgIpc) is 2.99. The van der Waals surface area contributed by atoms with E-state index in [0.29, 0.717) is 31.6 Å². The molecule has 7 nitrogen and oxygen atoms in total. The highest BCUT2D eigenvalue weighted by Crippen LogP contribution is 2.28. The molecule has 1 fully saturated rings. The van der Waals surface area contributed by atoms with E-state index in [1.807, 2.05) is 18.2 Å². The quantitative estimate of drug-likeness (QED) is 0.621. The van der Waals surface area contributed by atoms with Gasteiger partial charge in [-0.05, 0) is 36.5 Å². The third-order valence-corrected chi connectivity index (χ3v) is 6.00. The fourth-order valence-electron chi connectivity index (χ4n) is 3.86. The van der Waals surface area contributed by atoms with Crippen LogP contribution in [0.1, 0.15) is 61.0 Å². The number of rotatable bonds is 7. The number of hydrogen-bond acceptors (Lipinski definition) is 5. The van der Waals surface area contributed by atoms with E-state index in [1.165, 1.54) is 0 Å². The minimum absolute atomic E-state index is 0.0955. The van der Waals surface area contributed by atoms with Crippen molar-refractivity contribution in [2.45, 2.75) is 64.2 Å². The van der Waals surface area contributed by atoms with Crippen molar-refractivity contribution in [2.75, 3.05) is 6.54 Å². The van der Waals surface area contributed by atoms with E-state index in [-0.39, 0.29) is 29.7 Å². The molecule has 0 radical (unpaired) electrons. The monoisotopic (exact) mass is 372 g/mol. The van der Waals surface area contributed by atoms with E-state index in [2.05, 4.69) is 24.5 Å². The predicted octanol–water partition coefficient (Wildman–Crippen LogP) is 1.05. The summed E-state index contributed by atoms with van der Waals surface area (Å²) in [5, 5.41) is 5.87. The summed E-state index contributed by atoms with van der Waals surface area (Å²) in [6.45, 7) is 5.84. The number of carbonyl (C=O) groups excluding carboxylic acids is 3. The highest BCUT2D eigenvalue weighted by molar-refractivity contribution is 6.05. The Kier molecular flexibility index (Phi) is 5.62. The standard InChI is InChI=1S/C20H28N4O3/c1-3-20(4-2,12-21)22-10-13-5-6-14-11-24(19(27)15(14)9-13)16-7-8-17(25)23-18(16)26/h5-6,9,16,22H,3-4,7-8,10-12,21H2,1-2H3,(H,23,25,26). The van der Waals surface area contributed by atoms with Gasteiger partial charge in [0.15, 0.2) is 0 Å². The molecule has 0 aromatic heterocycles. The van der Waals surface area contributed by atoms with Gasteiger partial charge in [-0.2, -0.15) is 0 Å². The maximum atomic E-state index is 12.9. The van der Waals surface area contributed by atoms with Gasteiger partial charge in [0.25, 0.3) is 5.91 Å². The Balaban J connectivity index is 1.73. The second-order valence-corrected chi connectivity index (χ2v) is 7.44. The van der Waals surface area contributed by atoms with Gasteiger partial charge in [-0.15, -0.1) is 0 Å². The Morgan fingerprint density at radius 2 is 2.00 bits per heavy atom. The fraction of sp³-hybridized carbons (Fsp3) is 0.550. The molecular weight excluding hydrogens is 344 g/mol. The smallest absolute Gasteiger partial charge is 0.255 e. The number of imide groups is 1. The number of nitrogens with zero attached hydrogens (tertiary/aromatic N) is 1. The van der Waals surface area contributed by atoms with Gasteiger partial charge < -0.3 is 16.0 Å². The van der Waals surface area contributed by atoms with Crippen LogP contribution in [0.3, 0.4) is 0 Å². The minimum atomic E-state index is -0.575. The van der Waals surface area contributed by atoms with Gasteiger partial charge in [-0.1, -0.05) is 26.0 Å². The van der Waals surface area contributed by atoms with E-state index >= 15 is 0 Å². The summed E-state index contributed by atoms with van der Waals surface area (Å²) in [5.41, 5.74) is 8.43. The summed E-state index contributed by atoms with van der Waals surface area (Å²) >= 11 is 0. The van der Waals surface area contributed by atoms with Gasteiger partial charge in [0.2, 0.25) is 11.8 Å². The van der Waals surface area contributed by atoms with Gasteiger partial charge in [-0.3, -0.25) is 19.7 Å². The molecule has 2 heterocycles. The molecule has 4 N–H and O–H groups in total. The van der Waals surface area contributed by atoms with Crippen LogP contribution < -0.4 is 16.4 Å². The van der Waals surface area contributed by atoms with Crippen molar-refractivity contribution in [3.05, 3.63) is 34.9 Å². The first-order chi connectivity index (χ1) is 12.9. The maximum absolute atomic E-state index is 12.9. The Morgan fingerprint density at radius 1 is 1.26 bits per heavy atom. The Bertz CT molecular complexity index is 749. The van der Waals surface area contributed by atoms with Crippen LogP contribution >= 0.6 is 0 Å². The van der Waals surface area contributed by atoms with Crippen molar-refractivity contribution < 1.29 is 14.4 Å². The van der Waals surface area contributed by atoms with Gasteiger partial charge in [0, 0.05) is 37.2 Å². The average molecular weight is 372 g/mol. The van der Waals surface area contributed by atoms with E-state index in [9.17, 15) is 14.4 Å². The molecule has 7 heteroatoms. The SMILES string of the molecule is CCC(CC)(CN)NCc1ccc2c(c1)C(=O)N(C1CCC(=O)NC1=O)C2. The lowest BCUT2D eigenvalue weighted by molar-refractivity contribution is -0.136. The molecule has 1 atom stereocenters. The summed E-state index contributed by atoms with van der Waals surface area (Å²) in [6.07, 6.45) is 2.52. The summed E-state index contributed by atoms with van der Waals surface area (Å²) in [6, 6.07) is 5.30. The highest BCUT2D eigenvalue weighted by atomic mass is 16.2. The van der Waals surface area contributed by atoms with Crippen LogP contribution in [-0.4, -0.2) is 40.7 Å². The highest BCUT2D eigenvalue weighted by Gasteiger charge is 2.39. The normalized spacial score (nSPS) is 20.0. The number of amides is 3. The number of benzene rings is 1. The fourth-order valence-corrected chi connectivity index (χ4v) is 3.86. The molecular formula is C20H28N4O3. The van der Waals surface area contributed by atoms with Crippen LogP contribution in [-0.2, 0) is 22.7 Å². The summed E-state index contributed by atoms with van der Waals surface area (Å²) in [7, 11) is 0. The Labute approximate surface area is 159 Å². The molecule has 146 valence electrons. The second-order valence-electron chi connectivity index (χ2n) is 7.44. The first-order valence-electron chi connectivity index (χ1n) is 9.64. The van der Waals surface area contributed by atoms with Crippen LogP contribution in [0, 0.1) is 0 Å². The molecule has 2 aliphatic heterocycles. The van der Waals surface area contributed by atoms with Crippen LogP contribution in [0.15, 0.2) is 18.2 Å². The lowest BCUT2D eigenvalue weighted by atomic mass is 9.92. The molecule has 0 bridgehead atoms. The Morgan fingerprint density at radius 3 is 2.63 bits per heavy atom. The molecule has 1 aromatic rings. The number of nitrogens with two attached hydrogens (primary N) is 1. The third kappa shape index (κ3) is 3.75. The first kappa shape index (κ1) is 19.5. The molecule has 0 aliphatic carbocycles. The zero-order chi connectivity index (χ0) is 19.6. The lowest BCUT2D eigenvalue weighted by Gasteiger charge is -2.31. The number of carbonyl (C=O) groups is 3. The summed E-state index contributed by atoms with van der Waals surface area (Å²) in [4.78, 5) is 37.9. The molecule has 27 heavy (non-hydrogen) atoms.